The molecule has 2 saturated heterocycles. The number of nitrogens with zero attached hydrogens (tertiary/aromatic N) is 4. The Kier molecular flexibility index (Phi) is 6.22. The Labute approximate surface area is 145 Å². The molecule has 138 valence electrons. The van der Waals surface area contributed by atoms with Gasteiger partial charge in [0, 0.05) is 66.8 Å². The molecule has 0 unspecified atom stereocenters. The summed E-state index contributed by atoms with van der Waals surface area (Å²) in [6.45, 7) is 6.55. The quantitative estimate of drug-likeness (QED) is 0.737. The van der Waals surface area contributed by atoms with Crippen molar-refractivity contribution in [3.05, 3.63) is 0 Å². The molecule has 2 amide bonds. The highest BCUT2D eigenvalue weighted by molar-refractivity contribution is 5.78. The number of carbonyl (C=O) groups is 2. The minimum absolute atomic E-state index is 0.0617. The van der Waals surface area contributed by atoms with E-state index in [0.717, 1.165) is 19.6 Å². The van der Waals surface area contributed by atoms with Crippen LogP contribution in [0.2, 0.25) is 0 Å². The molecule has 1 atom stereocenters. The Hall–Kier alpha value is -1.18. The Bertz CT molecular complexity index is 461. The molecule has 1 N–H and O–H groups in total. The fourth-order valence-corrected chi connectivity index (χ4v) is 3.72. The maximum atomic E-state index is 12.4. The molecule has 0 radical (unpaired) electrons. The second kappa shape index (κ2) is 7.80. The number of amides is 2. The van der Waals surface area contributed by atoms with E-state index >= 15 is 0 Å². The van der Waals surface area contributed by atoms with Crippen LogP contribution in [-0.2, 0) is 9.59 Å². The number of carbonyl (C=O) groups excluding carboxylic acids is 2. The van der Waals surface area contributed by atoms with Gasteiger partial charge in [-0.1, -0.05) is 0 Å². The first-order valence-electron chi connectivity index (χ1n) is 8.80. The maximum absolute atomic E-state index is 12.4. The number of hydrogen-bond acceptors (Lipinski definition) is 5. The zero-order valence-corrected chi connectivity index (χ0v) is 15.5. The van der Waals surface area contributed by atoms with E-state index in [0.29, 0.717) is 39.0 Å². The molecule has 2 rings (SSSR count). The molecule has 7 heteroatoms. The Morgan fingerprint density at radius 1 is 1.12 bits per heavy atom. The third-order valence-electron chi connectivity index (χ3n) is 5.26. The fraction of sp³-hybridized carbons (Fsp3) is 0.882. The highest BCUT2D eigenvalue weighted by Gasteiger charge is 2.37. The summed E-state index contributed by atoms with van der Waals surface area (Å²) < 4.78 is 0. The average Bonchev–Trinajstić information content (AvgIpc) is 2.68. The van der Waals surface area contributed by atoms with Crippen LogP contribution in [-0.4, -0.2) is 109 Å². The van der Waals surface area contributed by atoms with E-state index in [4.69, 9.17) is 0 Å². The van der Waals surface area contributed by atoms with E-state index in [1.807, 2.05) is 7.05 Å². The lowest BCUT2D eigenvalue weighted by Crippen LogP contribution is -2.53. The normalized spacial score (nSPS) is 26.0. The molecule has 0 spiro atoms. The topological polar surface area (TPSA) is 67.3 Å². The van der Waals surface area contributed by atoms with Crippen LogP contribution in [0.5, 0.6) is 0 Å². The number of likely N-dealkylation sites (tertiary alicyclic amines) is 1. The van der Waals surface area contributed by atoms with Gasteiger partial charge in [0.05, 0.1) is 11.5 Å². The molecule has 0 aromatic rings. The SMILES string of the molecule is CC(=O)N1CCC(O)(CN2CCN(C)C[C@@H](C(=O)N(C)C)C2)CC1. The zero-order chi connectivity index (χ0) is 17.9. The summed E-state index contributed by atoms with van der Waals surface area (Å²) in [5, 5.41) is 10.9. The number of rotatable bonds is 3. The molecule has 2 aliphatic heterocycles. The maximum Gasteiger partial charge on any atom is 0.227 e. The minimum Gasteiger partial charge on any atom is -0.388 e. The first kappa shape index (κ1) is 19.1. The van der Waals surface area contributed by atoms with E-state index in [-0.39, 0.29) is 17.7 Å². The lowest BCUT2D eigenvalue weighted by molar-refractivity contribution is -0.136. The Morgan fingerprint density at radius 2 is 1.75 bits per heavy atom. The fourth-order valence-electron chi connectivity index (χ4n) is 3.72. The first-order chi connectivity index (χ1) is 11.2. The summed E-state index contributed by atoms with van der Waals surface area (Å²) in [6.07, 6.45) is 1.20. The van der Waals surface area contributed by atoms with Gasteiger partial charge in [0.2, 0.25) is 11.8 Å². The Morgan fingerprint density at radius 3 is 2.29 bits per heavy atom. The van der Waals surface area contributed by atoms with Gasteiger partial charge in [-0.25, -0.2) is 0 Å². The summed E-state index contributed by atoms with van der Waals surface area (Å²) in [6, 6.07) is 0. The first-order valence-corrected chi connectivity index (χ1v) is 8.80. The van der Waals surface area contributed by atoms with Crippen molar-refractivity contribution in [2.75, 3.05) is 67.0 Å². The highest BCUT2D eigenvalue weighted by Crippen LogP contribution is 2.24. The zero-order valence-electron chi connectivity index (χ0n) is 15.5. The molecule has 2 heterocycles. The van der Waals surface area contributed by atoms with E-state index in [1.165, 1.54) is 0 Å². The number of aliphatic hydroxyl groups is 1. The summed E-state index contributed by atoms with van der Waals surface area (Å²) in [4.78, 5) is 31.7. The van der Waals surface area contributed by atoms with Gasteiger partial charge in [-0.05, 0) is 19.9 Å². The number of likely N-dealkylation sites (N-methyl/N-ethyl adjacent to an activating group) is 1. The van der Waals surface area contributed by atoms with Crippen molar-refractivity contribution in [3.63, 3.8) is 0 Å². The molecular formula is C17H32N4O3. The van der Waals surface area contributed by atoms with Crippen LogP contribution in [0.25, 0.3) is 0 Å². The molecule has 2 fully saturated rings. The number of β-amino-alcohol motifs (C(OH)–C–C–N with tert-alkyl or cyclic N) is 1. The molecular weight excluding hydrogens is 308 g/mol. The van der Waals surface area contributed by atoms with Gasteiger partial charge >= 0.3 is 0 Å². The van der Waals surface area contributed by atoms with E-state index in [2.05, 4.69) is 9.80 Å². The number of hydrogen-bond donors (Lipinski definition) is 1. The van der Waals surface area contributed by atoms with Gasteiger partial charge < -0.3 is 19.8 Å². The van der Waals surface area contributed by atoms with Gasteiger partial charge in [0.1, 0.15) is 0 Å². The lowest BCUT2D eigenvalue weighted by atomic mass is 9.90. The van der Waals surface area contributed by atoms with Crippen molar-refractivity contribution in [1.82, 2.24) is 19.6 Å². The average molecular weight is 340 g/mol. The van der Waals surface area contributed by atoms with E-state index in [1.54, 1.807) is 30.8 Å². The monoisotopic (exact) mass is 340 g/mol. The van der Waals surface area contributed by atoms with Crippen molar-refractivity contribution >= 4 is 11.8 Å². The predicted molar refractivity (Wildman–Crippen MR) is 92.6 cm³/mol. The standard InChI is InChI=1S/C17H32N4O3/c1-14(22)21-7-5-17(24,6-8-21)13-20-10-9-19(4)11-15(12-20)16(23)18(2)3/h15,24H,5-13H2,1-4H3/t15-/m1/s1. The molecule has 24 heavy (non-hydrogen) atoms. The summed E-state index contributed by atoms with van der Waals surface area (Å²) in [5.74, 6) is 0.158. The smallest absolute Gasteiger partial charge is 0.227 e. The largest absolute Gasteiger partial charge is 0.388 e. The third kappa shape index (κ3) is 4.91. The van der Waals surface area contributed by atoms with Gasteiger partial charge in [-0.2, -0.15) is 0 Å². The van der Waals surface area contributed by atoms with Gasteiger partial charge in [0.15, 0.2) is 0 Å². The van der Waals surface area contributed by atoms with Gasteiger partial charge in [0.25, 0.3) is 0 Å². The predicted octanol–water partition coefficient (Wildman–Crippen LogP) is -0.688. The van der Waals surface area contributed by atoms with Crippen LogP contribution in [0.3, 0.4) is 0 Å². The van der Waals surface area contributed by atoms with Crippen molar-refractivity contribution in [2.45, 2.75) is 25.4 Å². The van der Waals surface area contributed by atoms with Crippen LogP contribution < -0.4 is 0 Å². The third-order valence-corrected chi connectivity index (χ3v) is 5.26. The highest BCUT2D eigenvalue weighted by atomic mass is 16.3. The van der Waals surface area contributed by atoms with Gasteiger partial charge in [-0.3, -0.25) is 14.5 Å². The molecule has 0 aliphatic carbocycles. The molecule has 0 saturated carbocycles. The molecule has 0 bridgehead atoms. The summed E-state index contributed by atoms with van der Waals surface area (Å²) in [5.41, 5.74) is -0.763. The molecule has 7 nitrogen and oxygen atoms in total. The van der Waals surface area contributed by atoms with Crippen LogP contribution in [0.15, 0.2) is 0 Å². The number of piperidine rings is 1. The lowest BCUT2D eigenvalue weighted by Gasteiger charge is -2.41. The van der Waals surface area contributed by atoms with Crippen molar-refractivity contribution in [1.29, 1.82) is 0 Å². The second-order valence-electron chi connectivity index (χ2n) is 7.66. The van der Waals surface area contributed by atoms with Gasteiger partial charge in [-0.15, -0.1) is 0 Å². The summed E-state index contributed by atoms with van der Waals surface area (Å²) in [7, 11) is 5.63. The van der Waals surface area contributed by atoms with Crippen LogP contribution in [0, 0.1) is 5.92 Å². The summed E-state index contributed by atoms with van der Waals surface area (Å²) >= 11 is 0. The van der Waals surface area contributed by atoms with Crippen molar-refractivity contribution in [3.8, 4) is 0 Å². The van der Waals surface area contributed by atoms with Crippen LogP contribution in [0.4, 0.5) is 0 Å². The van der Waals surface area contributed by atoms with Crippen LogP contribution >= 0.6 is 0 Å². The van der Waals surface area contributed by atoms with Crippen molar-refractivity contribution < 1.29 is 14.7 Å². The second-order valence-corrected chi connectivity index (χ2v) is 7.66. The Balaban J connectivity index is 1.97. The van der Waals surface area contributed by atoms with Crippen LogP contribution in [0.1, 0.15) is 19.8 Å². The molecule has 2 aliphatic rings. The van der Waals surface area contributed by atoms with Crippen molar-refractivity contribution in [2.24, 2.45) is 5.92 Å². The molecule has 0 aromatic heterocycles. The van der Waals surface area contributed by atoms with E-state index < -0.39 is 5.60 Å². The van der Waals surface area contributed by atoms with E-state index in [9.17, 15) is 14.7 Å². The molecule has 0 aromatic carbocycles. The minimum atomic E-state index is -0.763.